The first-order chi connectivity index (χ1) is 12.7. The topological polar surface area (TPSA) is 81.9 Å². The van der Waals surface area contributed by atoms with Gasteiger partial charge in [-0.2, -0.15) is 0 Å². The lowest BCUT2D eigenvalue weighted by atomic mass is 10.2. The standard InChI is InChI=1S/C18H19N5O2S/c1-3-23-17(13-8-10-19-11-9-13)21-22-18(23)26-12-16(24)20-14-4-6-15(25-2)7-5-14/h4-11H,3,12H2,1-2H3,(H,20,24). The number of amides is 1. The van der Waals surface area contributed by atoms with Crippen LogP contribution in [0, 0.1) is 0 Å². The molecular formula is C18H19N5O2S. The van der Waals surface area contributed by atoms with Gasteiger partial charge in [0.1, 0.15) is 5.75 Å². The van der Waals surface area contributed by atoms with Crippen LogP contribution in [-0.2, 0) is 11.3 Å². The van der Waals surface area contributed by atoms with Gasteiger partial charge in [-0.3, -0.25) is 9.78 Å². The summed E-state index contributed by atoms with van der Waals surface area (Å²) in [5.74, 6) is 1.67. The summed E-state index contributed by atoms with van der Waals surface area (Å²) in [5.41, 5.74) is 1.68. The zero-order valence-electron chi connectivity index (χ0n) is 14.5. The molecule has 0 saturated carbocycles. The van der Waals surface area contributed by atoms with Gasteiger partial charge in [-0.25, -0.2) is 0 Å². The van der Waals surface area contributed by atoms with Crippen LogP contribution < -0.4 is 10.1 Å². The summed E-state index contributed by atoms with van der Waals surface area (Å²) in [5, 5.41) is 12.1. The van der Waals surface area contributed by atoms with Crippen LogP contribution in [0.3, 0.4) is 0 Å². The van der Waals surface area contributed by atoms with E-state index in [0.717, 1.165) is 22.8 Å². The number of rotatable bonds is 7. The highest BCUT2D eigenvalue weighted by atomic mass is 32.2. The zero-order chi connectivity index (χ0) is 18.4. The van der Waals surface area contributed by atoms with Gasteiger partial charge in [-0.15, -0.1) is 10.2 Å². The summed E-state index contributed by atoms with van der Waals surface area (Å²) >= 11 is 1.36. The third-order valence-corrected chi connectivity index (χ3v) is 4.64. The molecule has 0 radical (unpaired) electrons. The summed E-state index contributed by atoms with van der Waals surface area (Å²) < 4.78 is 7.09. The van der Waals surface area contributed by atoms with Gasteiger partial charge < -0.3 is 14.6 Å². The highest BCUT2D eigenvalue weighted by Crippen LogP contribution is 2.23. The smallest absolute Gasteiger partial charge is 0.234 e. The number of anilines is 1. The molecule has 1 amide bonds. The normalized spacial score (nSPS) is 10.5. The second-order valence-corrected chi connectivity index (χ2v) is 6.29. The van der Waals surface area contributed by atoms with Gasteiger partial charge in [-0.05, 0) is 43.3 Å². The van der Waals surface area contributed by atoms with Crippen molar-refractivity contribution in [2.45, 2.75) is 18.6 Å². The van der Waals surface area contributed by atoms with Gasteiger partial charge in [0.05, 0.1) is 12.9 Å². The Morgan fingerprint density at radius 1 is 1.15 bits per heavy atom. The minimum atomic E-state index is -0.101. The van der Waals surface area contributed by atoms with Crippen LogP contribution in [0.1, 0.15) is 6.92 Å². The van der Waals surface area contributed by atoms with Crippen LogP contribution in [0.15, 0.2) is 53.9 Å². The number of carbonyl (C=O) groups excluding carboxylic acids is 1. The van der Waals surface area contributed by atoms with Gasteiger partial charge >= 0.3 is 0 Å². The monoisotopic (exact) mass is 369 g/mol. The van der Waals surface area contributed by atoms with Crippen molar-refractivity contribution in [3.8, 4) is 17.1 Å². The molecule has 0 fully saturated rings. The number of hydrogen-bond acceptors (Lipinski definition) is 6. The molecule has 0 aliphatic carbocycles. The van der Waals surface area contributed by atoms with Crippen LogP contribution in [0.25, 0.3) is 11.4 Å². The summed E-state index contributed by atoms with van der Waals surface area (Å²) in [7, 11) is 1.61. The van der Waals surface area contributed by atoms with E-state index in [9.17, 15) is 4.79 Å². The predicted octanol–water partition coefficient (Wildman–Crippen LogP) is 3.10. The molecular weight excluding hydrogens is 350 g/mol. The molecule has 1 aromatic carbocycles. The van der Waals surface area contributed by atoms with Gasteiger partial charge in [0, 0.05) is 30.2 Å². The molecule has 2 aromatic heterocycles. The van der Waals surface area contributed by atoms with Crippen molar-refractivity contribution in [2.75, 3.05) is 18.2 Å². The van der Waals surface area contributed by atoms with Crippen LogP contribution >= 0.6 is 11.8 Å². The average molecular weight is 369 g/mol. The quantitative estimate of drug-likeness (QED) is 0.645. The van der Waals surface area contributed by atoms with E-state index >= 15 is 0 Å². The molecule has 0 bridgehead atoms. The number of methoxy groups -OCH3 is 1. The Hall–Kier alpha value is -2.87. The number of benzene rings is 1. The van der Waals surface area contributed by atoms with E-state index in [2.05, 4.69) is 20.5 Å². The second-order valence-electron chi connectivity index (χ2n) is 5.35. The maximum atomic E-state index is 12.2. The van der Waals surface area contributed by atoms with Crippen molar-refractivity contribution in [2.24, 2.45) is 0 Å². The number of nitrogens with one attached hydrogen (secondary N) is 1. The number of pyridine rings is 1. The van der Waals surface area contributed by atoms with Crippen molar-refractivity contribution in [1.82, 2.24) is 19.7 Å². The van der Waals surface area contributed by atoms with Crippen LogP contribution in [-0.4, -0.2) is 38.5 Å². The molecule has 8 heteroatoms. The minimum absolute atomic E-state index is 0.101. The Balaban J connectivity index is 1.64. The van der Waals surface area contributed by atoms with Crippen molar-refractivity contribution in [1.29, 1.82) is 0 Å². The SMILES string of the molecule is CCn1c(SCC(=O)Nc2ccc(OC)cc2)nnc1-c1ccncc1. The molecule has 3 rings (SSSR count). The van der Waals surface area contributed by atoms with Crippen molar-refractivity contribution in [3.63, 3.8) is 0 Å². The maximum absolute atomic E-state index is 12.2. The molecule has 0 spiro atoms. The fraction of sp³-hybridized carbons (Fsp3) is 0.222. The first-order valence-corrected chi connectivity index (χ1v) is 9.10. The number of hydrogen-bond donors (Lipinski definition) is 1. The molecule has 0 unspecified atom stereocenters. The molecule has 134 valence electrons. The lowest BCUT2D eigenvalue weighted by Crippen LogP contribution is -2.14. The molecule has 0 aliphatic heterocycles. The fourth-order valence-corrected chi connectivity index (χ4v) is 3.20. The molecule has 2 heterocycles. The summed E-state index contributed by atoms with van der Waals surface area (Å²) in [6.07, 6.45) is 3.44. The highest BCUT2D eigenvalue weighted by molar-refractivity contribution is 7.99. The van der Waals surface area contributed by atoms with E-state index in [-0.39, 0.29) is 11.7 Å². The highest BCUT2D eigenvalue weighted by Gasteiger charge is 2.14. The van der Waals surface area contributed by atoms with Crippen molar-refractivity contribution < 1.29 is 9.53 Å². The predicted molar refractivity (Wildman–Crippen MR) is 101 cm³/mol. The van der Waals surface area contributed by atoms with Crippen LogP contribution in [0.5, 0.6) is 5.75 Å². The Bertz CT molecular complexity index is 865. The summed E-state index contributed by atoms with van der Waals surface area (Å²) in [4.78, 5) is 16.2. The molecule has 1 N–H and O–H groups in total. The van der Waals surface area contributed by atoms with Gasteiger partial charge in [0.2, 0.25) is 5.91 Å². The van der Waals surface area contributed by atoms with E-state index in [0.29, 0.717) is 11.7 Å². The maximum Gasteiger partial charge on any atom is 0.234 e. The summed E-state index contributed by atoms with van der Waals surface area (Å²) in [6, 6.07) is 11.0. The molecule has 3 aromatic rings. The van der Waals surface area contributed by atoms with Crippen LogP contribution in [0.2, 0.25) is 0 Å². The van der Waals surface area contributed by atoms with E-state index in [1.807, 2.05) is 23.6 Å². The van der Waals surface area contributed by atoms with E-state index < -0.39 is 0 Å². The van der Waals surface area contributed by atoms with Crippen molar-refractivity contribution >= 4 is 23.4 Å². The summed E-state index contributed by atoms with van der Waals surface area (Å²) in [6.45, 7) is 2.74. The largest absolute Gasteiger partial charge is 0.497 e. The van der Waals surface area contributed by atoms with Gasteiger partial charge in [0.25, 0.3) is 0 Å². The lowest BCUT2D eigenvalue weighted by Gasteiger charge is -2.08. The first kappa shape index (κ1) is 17.9. The number of carbonyl (C=O) groups is 1. The van der Waals surface area contributed by atoms with Gasteiger partial charge in [-0.1, -0.05) is 11.8 Å². The Morgan fingerprint density at radius 3 is 2.54 bits per heavy atom. The number of nitrogens with zero attached hydrogens (tertiary/aromatic N) is 4. The van der Waals surface area contributed by atoms with E-state index in [1.165, 1.54) is 11.8 Å². The van der Waals surface area contributed by atoms with Gasteiger partial charge in [0.15, 0.2) is 11.0 Å². The zero-order valence-corrected chi connectivity index (χ0v) is 15.4. The number of ether oxygens (including phenoxy) is 1. The molecule has 0 saturated heterocycles. The number of aromatic nitrogens is 4. The second kappa shape index (κ2) is 8.48. The van der Waals surface area contributed by atoms with Crippen LogP contribution in [0.4, 0.5) is 5.69 Å². The van der Waals surface area contributed by atoms with E-state index in [4.69, 9.17) is 4.74 Å². The van der Waals surface area contributed by atoms with Crippen molar-refractivity contribution in [3.05, 3.63) is 48.8 Å². The Kier molecular flexibility index (Phi) is 5.85. The lowest BCUT2D eigenvalue weighted by molar-refractivity contribution is -0.113. The fourth-order valence-electron chi connectivity index (χ4n) is 2.40. The number of thioether (sulfide) groups is 1. The Morgan fingerprint density at radius 2 is 1.88 bits per heavy atom. The molecule has 0 aliphatic rings. The average Bonchev–Trinajstić information content (AvgIpc) is 3.10. The third-order valence-electron chi connectivity index (χ3n) is 3.68. The minimum Gasteiger partial charge on any atom is -0.497 e. The molecule has 0 atom stereocenters. The molecule has 26 heavy (non-hydrogen) atoms. The third kappa shape index (κ3) is 4.20. The molecule has 7 nitrogen and oxygen atoms in total. The Labute approximate surface area is 155 Å². The van der Waals surface area contributed by atoms with E-state index in [1.54, 1.807) is 43.8 Å². The first-order valence-electron chi connectivity index (χ1n) is 8.11.